The second-order valence-electron chi connectivity index (χ2n) is 3.24. The Bertz CT molecular complexity index is 125. The number of hydrogen-bond acceptors (Lipinski definition) is 1. The van der Waals surface area contributed by atoms with E-state index in [1.807, 2.05) is 0 Å². The standard InChI is InChI=1S/C8H18N2/c1-5-6-8(2,3)7(9)10-4/h5-6H2,1-4H3,(H2,9,10). The molecule has 0 fully saturated rings. The molecule has 0 heterocycles. The Morgan fingerprint density at radius 1 is 1.50 bits per heavy atom. The van der Waals surface area contributed by atoms with E-state index in [0.717, 1.165) is 18.7 Å². The quantitative estimate of drug-likeness (QED) is 0.473. The third-order valence-electron chi connectivity index (χ3n) is 1.81. The molecule has 0 unspecified atom stereocenters. The first-order valence-electron chi connectivity index (χ1n) is 3.77. The van der Waals surface area contributed by atoms with Crippen molar-refractivity contribution in [3.8, 4) is 0 Å². The zero-order valence-electron chi connectivity index (χ0n) is 7.44. The van der Waals surface area contributed by atoms with Gasteiger partial charge in [-0.15, -0.1) is 0 Å². The van der Waals surface area contributed by atoms with Crippen LogP contribution in [0.5, 0.6) is 0 Å². The number of nitrogens with two attached hydrogens (primary N) is 1. The largest absolute Gasteiger partial charge is 0.387 e. The maximum absolute atomic E-state index is 5.69. The summed E-state index contributed by atoms with van der Waals surface area (Å²) < 4.78 is 0. The lowest BCUT2D eigenvalue weighted by molar-refractivity contribution is 0.464. The molecule has 0 aromatic carbocycles. The summed E-state index contributed by atoms with van der Waals surface area (Å²) in [4.78, 5) is 3.97. The van der Waals surface area contributed by atoms with Crippen LogP contribution in [0.2, 0.25) is 0 Å². The van der Waals surface area contributed by atoms with Crippen molar-refractivity contribution in [1.29, 1.82) is 0 Å². The lowest BCUT2D eigenvalue weighted by atomic mass is 9.87. The summed E-state index contributed by atoms with van der Waals surface area (Å²) in [6.07, 6.45) is 2.26. The van der Waals surface area contributed by atoms with Gasteiger partial charge in [0.15, 0.2) is 0 Å². The van der Waals surface area contributed by atoms with Crippen molar-refractivity contribution in [3.05, 3.63) is 0 Å². The second-order valence-corrected chi connectivity index (χ2v) is 3.24. The van der Waals surface area contributed by atoms with Crippen molar-refractivity contribution >= 4 is 5.84 Å². The molecule has 10 heavy (non-hydrogen) atoms. The average molecular weight is 142 g/mol. The highest BCUT2D eigenvalue weighted by molar-refractivity contribution is 5.85. The summed E-state index contributed by atoms with van der Waals surface area (Å²) in [5.74, 6) is 0.759. The zero-order chi connectivity index (χ0) is 8.20. The highest BCUT2D eigenvalue weighted by Crippen LogP contribution is 2.21. The first kappa shape index (κ1) is 9.47. The summed E-state index contributed by atoms with van der Waals surface area (Å²) in [5, 5.41) is 0. The van der Waals surface area contributed by atoms with Crippen molar-refractivity contribution < 1.29 is 0 Å². The molecule has 0 saturated heterocycles. The van der Waals surface area contributed by atoms with Gasteiger partial charge in [-0.25, -0.2) is 0 Å². The first-order valence-corrected chi connectivity index (χ1v) is 3.77. The van der Waals surface area contributed by atoms with Gasteiger partial charge < -0.3 is 5.73 Å². The molecular formula is C8H18N2. The van der Waals surface area contributed by atoms with Crippen LogP contribution in [0.4, 0.5) is 0 Å². The Morgan fingerprint density at radius 2 is 2.00 bits per heavy atom. The van der Waals surface area contributed by atoms with Crippen LogP contribution in [0.15, 0.2) is 4.99 Å². The van der Waals surface area contributed by atoms with E-state index in [9.17, 15) is 0 Å². The van der Waals surface area contributed by atoms with Crippen LogP contribution in [0.25, 0.3) is 0 Å². The van der Waals surface area contributed by atoms with Gasteiger partial charge in [0.25, 0.3) is 0 Å². The third-order valence-corrected chi connectivity index (χ3v) is 1.81. The summed E-state index contributed by atoms with van der Waals surface area (Å²) in [6, 6.07) is 0. The highest BCUT2D eigenvalue weighted by Gasteiger charge is 2.20. The van der Waals surface area contributed by atoms with Gasteiger partial charge in [-0.1, -0.05) is 27.2 Å². The highest BCUT2D eigenvalue weighted by atomic mass is 14.8. The normalized spacial score (nSPS) is 13.8. The summed E-state index contributed by atoms with van der Waals surface area (Å²) in [5.41, 5.74) is 5.77. The zero-order valence-corrected chi connectivity index (χ0v) is 7.44. The molecule has 0 spiro atoms. The summed E-state index contributed by atoms with van der Waals surface area (Å²) in [6.45, 7) is 6.41. The maximum atomic E-state index is 5.69. The van der Waals surface area contributed by atoms with Gasteiger partial charge in [0, 0.05) is 12.5 Å². The molecule has 2 nitrogen and oxygen atoms in total. The fraction of sp³-hybridized carbons (Fsp3) is 0.875. The number of rotatable bonds is 3. The Kier molecular flexibility index (Phi) is 3.40. The Morgan fingerprint density at radius 3 is 2.30 bits per heavy atom. The van der Waals surface area contributed by atoms with Crippen LogP contribution in [-0.4, -0.2) is 12.9 Å². The van der Waals surface area contributed by atoms with Crippen LogP contribution in [-0.2, 0) is 0 Å². The average Bonchev–Trinajstić information content (AvgIpc) is 1.86. The molecule has 0 aliphatic rings. The fourth-order valence-electron chi connectivity index (χ4n) is 1.06. The number of aliphatic imine (C=N–C) groups is 1. The molecule has 0 aliphatic carbocycles. The monoisotopic (exact) mass is 142 g/mol. The van der Waals surface area contributed by atoms with Crippen LogP contribution < -0.4 is 5.73 Å². The molecular weight excluding hydrogens is 124 g/mol. The minimum atomic E-state index is 0.0868. The molecule has 0 aromatic heterocycles. The molecule has 0 atom stereocenters. The summed E-state index contributed by atoms with van der Waals surface area (Å²) >= 11 is 0. The summed E-state index contributed by atoms with van der Waals surface area (Å²) in [7, 11) is 1.74. The SMILES string of the molecule is CCCC(C)(C)C(N)=NC. The number of amidine groups is 1. The van der Waals surface area contributed by atoms with Gasteiger partial charge in [0.1, 0.15) is 0 Å². The predicted molar refractivity (Wildman–Crippen MR) is 46.2 cm³/mol. The van der Waals surface area contributed by atoms with Crippen molar-refractivity contribution in [2.75, 3.05) is 7.05 Å². The number of hydrogen-bond donors (Lipinski definition) is 1. The van der Waals surface area contributed by atoms with E-state index in [4.69, 9.17) is 5.73 Å². The molecule has 0 saturated carbocycles. The van der Waals surface area contributed by atoms with Crippen LogP contribution >= 0.6 is 0 Å². The van der Waals surface area contributed by atoms with E-state index in [-0.39, 0.29) is 5.41 Å². The first-order chi connectivity index (χ1) is 4.54. The third kappa shape index (κ3) is 2.38. The Labute approximate surface area is 63.5 Å². The van der Waals surface area contributed by atoms with E-state index >= 15 is 0 Å². The maximum Gasteiger partial charge on any atom is 0.0990 e. The second kappa shape index (κ2) is 3.59. The predicted octanol–water partition coefficient (Wildman–Crippen LogP) is 1.80. The minimum absolute atomic E-state index is 0.0868. The van der Waals surface area contributed by atoms with Crippen molar-refractivity contribution in [3.63, 3.8) is 0 Å². The van der Waals surface area contributed by atoms with Gasteiger partial charge in [-0.3, -0.25) is 4.99 Å². The molecule has 0 radical (unpaired) electrons. The van der Waals surface area contributed by atoms with E-state index in [2.05, 4.69) is 25.8 Å². The fourth-order valence-corrected chi connectivity index (χ4v) is 1.06. The van der Waals surface area contributed by atoms with Crippen molar-refractivity contribution in [2.24, 2.45) is 16.1 Å². The Hall–Kier alpha value is -0.530. The van der Waals surface area contributed by atoms with Gasteiger partial charge in [-0.05, 0) is 6.42 Å². The molecule has 0 amide bonds. The van der Waals surface area contributed by atoms with Crippen molar-refractivity contribution in [1.82, 2.24) is 0 Å². The van der Waals surface area contributed by atoms with Crippen LogP contribution in [0.1, 0.15) is 33.6 Å². The van der Waals surface area contributed by atoms with Crippen molar-refractivity contribution in [2.45, 2.75) is 33.6 Å². The van der Waals surface area contributed by atoms with Crippen LogP contribution in [0, 0.1) is 5.41 Å². The van der Waals surface area contributed by atoms with Gasteiger partial charge in [0.2, 0.25) is 0 Å². The molecule has 2 N–H and O–H groups in total. The topological polar surface area (TPSA) is 38.4 Å². The van der Waals surface area contributed by atoms with Gasteiger partial charge in [0.05, 0.1) is 5.84 Å². The van der Waals surface area contributed by atoms with E-state index in [1.54, 1.807) is 7.05 Å². The van der Waals surface area contributed by atoms with E-state index in [0.29, 0.717) is 0 Å². The molecule has 2 heteroatoms. The lowest BCUT2D eigenvalue weighted by Gasteiger charge is -2.22. The van der Waals surface area contributed by atoms with E-state index in [1.165, 1.54) is 0 Å². The lowest BCUT2D eigenvalue weighted by Crippen LogP contribution is -2.31. The van der Waals surface area contributed by atoms with Crippen LogP contribution in [0.3, 0.4) is 0 Å². The smallest absolute Gasteiger partial charge is 0.0990 e. The molecule has 0 aliphatic heterocycles. The molecule has 60 valence electrons. The molecule has 0 bridgehead atoms. The van der Waals surface area contributed by atoms with Gasteiger partial charge >= 0.3 is 0 Å². The van der Waals surface area contributed by atoms with E-state index < -0.39 is 0 Å². The minimum Gasteiger partial charge on any atom is -0.387 e. The Balaban J connectivity index is 4.10. The van der Waals surface area contributed by atoms with Gasteiger partial charge in [-0.2, -0.15) is 0 Å². The molecule has 0 rings (SSSR count). The molecule has 0 aromatic rings. The number of nitrogens with zero attached hydrogens (tertiary/aromatic N) is 1.